The molecule has 6 nitrogen and oxygen atoms in total. The van der Waals surface area contributed by atoms with Crippen molar-refractivity contribution in [2.45, 2.75) is 23.0 Å². The predicted octanol–water partition coefficient (Wildman–Crippen LogP) is 5.28. The quantitative estimate of drug-likeness (QED) is 0.489. The largest absolute Gasteiger partial charge is 0.494 e. The van der Waals surface area contributed by atoms with Gasteiger partial charge in [0.25, 0.3) is 5.91 Å². The van der Waals surface area contributed by atoms with E-state index in [-0.39, 0.29) is 14.0 Å². The van der Waals surface area contributed by atoms with Crippen LogP contribution in [0.25, 0.3) is 0 Å². The van der Waals surface area contributed by atoms with Crippen molar-refractivity contribution < 1.29 is 22.7 Å². The summed E-state index contributed by atoms with van der Waals surface area (Å²) in [6, 6.07) is 13.9. The third-order valence-corrected chi connectivity index (χ3v) is 7.60. The maximum Gasteiger partial charge on any atom is 0.265 e. The van der Waals surface area contributed by atoms with Crippen LogP contribution in [0.2, 0.25) is 5.02 Å². The van der Waals surface area contributed by atoms with E-state index in [0.717, 1.165) is 11.3 Å². The lowest BCUT2D eigenvalue weighted by Crippen LogP contribution is -2.11. The minimum atomic E-state index is -3.74. The predicted molar refractivity (Wildman–Crippen MR) is 118 cm³/mol. The van der Waals surface area contributed by atoms with E-state index in [0.29, 0.717) is 35.4 Å². The van der Waals surface area contributed by atoms with Gasteiger partial charge in [-0.15, -0.1) is 11.3 Å². The number of thiophene rings is 1. The van der Waals surface area contributed by atoms with Gasteiger partial charge in [0.2, 0.25) is 9.84 Å². The van der Waals surface area contributed by atoms with Crippen LogP contribution < -0.4 is 14.8 Å². The second-order valence-electron chi connectivity index (χ2n) is 6.05. The lowest BCUT2D eigenvalue weighted by molar-refractivity contribution is 0.103. The minimum Gasteiger partial charge on any atom is -0.494 e. The van der Waals surface area contributed by atoms with Gasteiger partial charge in [0.05, 0.1) is 28.7 Å². The fourth-order valence-corrected chi connectivity index (χ4v) is 5.37. The third-order valence-electron chi connectivity index (χ3n) is 4.00. The number of ether oxygens (including phenoxy) is 2. The Balaban J connectivity index is 1.85. The van der Waals surface area contributed by atoms with E-state index in [9.17, 15) is 13.2 Å². The number of halogens is 1. The molecular weight excluding hydrogens is 446 g/mol. The number of sulfone groups is 1. The van der Waals surface area contributed by atoms with Gasteiger partial charge in [0, 0.05) is 11.1 Å². The van der Waals surface area contributed by atoms with Gasteiger partial charge in [-0.25, -0.2) is 8.42 Å². The Morgan fingerprint density at radius 3 is 2.37 bits per heavy atom. The molecule has 0 saturated carbocycles. The number of benzene rings is 2. The second-order valence-corrected chi connectivity index (χ2v) is 9.75. The summed E-state index contributed by atoms with van der Waals surface area (Å²) in [4.78, 5) is 13.1. The molecule has 1 N–H and O–H groups in total. The van der Waals surface area contributed by atoms with Crippen LogP contribution in [0.1, 0.15) is 23.5 Å². The molecule has 2 aromatic carbocycles. The summed E-state index contributed by atoms with van der Waals surface area (Å²) in [7, 11) is -3.74. The van der Waals surface area contributed by atoms with Crippen molar-refractivity contribution in [2.75, 3.05) is 18.5 Å². The number of carbonyl (C=O) groups excluding carboxylic acids is 1. The molecule has 1 amide bonds. The van der Waals surface area contributed by atoms with Crippen molar-refractivity contribution in [1.82, 2.24) is 0 Å². The fourth-order valence-electron chi connectivity index (χ4n) is 2.65. The minimum absolute atomic E-state index is 0.0723. The van der Waals surface area contributed by atoms with Crippen LogP contribution >= 0.6 is 22.9 Å². The van der Waals surface area contributed by atoms with E-state index in [2.05, 4.69) is 5.32 Å². The molecule has 0 aliphatic heterocycles. The molecule has 30 heavy (non-hydrogen) atoms. The zero-order valence-corrected chi connectivity index (χ0v) is 18.7. The number of nitrogens with one attached hydrogen (secondary N) is 1. The molecule has 1 aromatic heterocycles. The number of hydrogen-bond donors (Lipinski definition) is 1. The first-order chi connectivity index (χ1) is 14.3. The smallest absolute Gasteiger partial charge is 0.265 e. The van der Waals surface area contributed by atoms with Crippen molar-refractivity contribution in [3.8, 4) is 11.5 Å². The Hall–Kier alpha value is -2.55. The lowest BCUT2D eigenvalue weighted by atomic mass is 10.2. The van der Waals surface area contributed by atoms with Crippen LogP contribution in [0.5, 0.6) is 11.5 Å². The highest BCUT2D eigenvalue weighted by molar-refractivity contribution is 7.93. The Labute approximate surface area is 184 Å². The van der Waals surface area contributed by atoms with Gasteiger partial charge in [-0.1, -0.05) is 11.6 Å². The first kappa shape index (κ1) is 22.1. The van der Waals surface area contributed by atoms with Crippen LogP contribution in [0.3, 0.4) is 0 Å². The molecule has 1 heterocycles. The molecule has 0 atom stereocenters. The number of rotatable bonds is 8. The van der Waals surface area contributed by atoms with Crippen LogP contribution in [-0.4, -0.2) is 27.5 Å². The van der Waals surface area contributed by atoms with E-state index < -0.39 is 15.7 Å². The summed E-state index contributed by atoms with van der Waals surface area (Å²) in [5.74, 6) is 0.653. The number of hydrogen-bond acceptors (Lipinski definition) is 6. The molecule has 0 radical (unpaired) electrons. The highest BCUT2D eigenvalue weighted by atomic mass is 35.5. The van der Waals surface area contributed by atoms with E-state index in [1.807, 2.05) is 13.8 Å². The van der Waals surface area contributed by atoms with Crippen molar-refractivity contribution in [2.24, 2.45) is 0 Å². The number of carbonyl (C=O) groups is 1. The average Bonchev–Trinajstić information content (AvgIpc) is 3.22. The van der Waals surface area contributed by atoms with Crippen molar-refractivity contribution >= 4 is 44.4 Å². The van der Waals surface area contributed by atoms with Gasteiger partial charge in [-0.05, 0) is 62.4 Å². The Kier molecular flexibility index (Phi) is 7.02. The molecule has 0 saturated heterocycles. The number of amides is 1. The van der Waals surface area contributed by atoms with Crippen molar-refractivity contribution in [1.29, 1.82) is 0 Å². The summed E-state index contributed by atoms with van der Waals surface area (Å²) >= 11 is 6.73. The Morgan fingerprint density at radius 1 is 1.00 bits per heavy atom. The van der Waals surface area contributed by atoms with Gasteiger partial charge in [0.15, 0.2) is 0 Å². The van der Waals surface area contributed by atoms with E-state index in [4.69, 9.17) is 21.1 Å². The summed E-state index contributed by atoms with van der Waals surface area (Å²) in [5.41, 5.74) is 0.448. The fraction of sp³-hybridized carbons (Fsp3) is 0.190. The maximum absolute atomic E-state index is 12.8. The Morgan fingerprint density at radius 2 is 1.70 bits per heavy atom. The van der Waals surface area contributed by atoms with Crippen LogP contribution in [-0.2, 0) is 9.84 Å². The first-order valence-electron chi connectivity index (χ1n) is 9.16. The van der Waals surface area contributed by atoms with Gasteiger partial charge < -0.3 is 14.8 Å². The molecule has 9 heteroatoms. The third kappa shape index (κ3) is 4.95. The molecular formula is C21H20ClNO5S2. The molecule has 158 valence electrons. The SMILES string of the molecule is CCOc1ccc(OCC)c(NC(=O)c2ccc(S(=O)(=O)c3ccc(Cl)cc3)s2)c1. The zero-order chi connectivity index (χ0) is 21.7. The monoisotopic (exact) mass is 465 g/mol. The highest BCUT2D eigenvalue weighted by Gasteiger charge is 2.22. The molecule has 0 aliphatic carbocycles. The Bertz CT molecular complexity index is 1140. The van der Waals surface area contributed by atoms with Crippen LogP contribution in [0.4, 0.5) is 5.69 Å². The molecule has 0 fully saturated rings. The first-order valence-corrected chi connectivity index (χ1v) is 11.8. The molecule has 3 aromatic rings. The second kappa shape index (κ2) is 9.51. The summed E-state index contributed by atoms with van der Waals surface area (Å²) in [6.07, 6.45) is 0. The molecule has 0 bridgehead atoms. The van der Waals surface area contributed by atoms with Gasteiger partial charge in [0.1, 0.15) is 15.7 Å². The summed E-state index contributed by atoms with van der Waals surface area (Å²) in [6.45, 7) is 4.62. The molecule has 0 aliphatic rings. The van der Waals surface area contributed by atoms with Gasteiger partial charge >= 0.3 is 0 Å². The van der Waals surface area contributed by atoms with Crippen molar-refractivity contribution in [3.63, 3.8) is 0 Å². The van der Waals surface area contributed by atoms with Crippen molar-refractivity contribution in [3.05, 3.63) is 64.5 Å². The maximum atomic E-state index is 12.8. The molecule has 0 unspecified atom stereocenters. The van der Waals surface area contributed by atoms with Gasteiger partial charge in [-0.2, -0.15) is 0 Å². The molecule has 0 spiro atoms. The zero-order valence-electron chi connectivity index (χ0n) is 16.3. The number of anilines is 1. The van der Waals surface area contributed by atoms with Gasteiger partial charge in [-0.3, -0.25) is 4.79 Å². The van der Waals surface area contributed by atoms with Crippen LogP contribution in [0, 0.1) is 0 Å². The summed E-state index contributed by atoms with van der Waals surface area (Å²) < 4.78 is 36.7. The van der Waals surface area contributed by atoms with E-state index >= 15 is 0 Å². The summed E-state index contributed by atoms with van der Waals surface area (Å²) in [5, 5.41) is 3.22. The highest BCUT2D eigenvalue weighted by Crippen LogP contribution is 2.32. The lowest BCUT2D eigenvalue weighted by Gasteiger charge is -2.13. The average molecular weight is 466 g/mol. The topological polar surface area (TPSA) is 81.7 Å². The van der Waals surface area contributed by atoms with Crippen LogP contribution in [0.15, 0.2) is 63.7 Å². The normalized spacial score (nSPS) is 11.2. The van der Waals surface area contributed by atoms with E-state index in [1.54, 1.807) is 18.2 Å². The van der Waals surface area contributed by atoms with E-state index in [1.165, 1.54) is 36.4 Å². The standard InChI is InChI=1S/C21H20ClNO5S2/c1-3-27-15-7-10-18(28-4-2)17(13-15)23-21(24)19-11-12-20(29-19)30(25,26)16-8-5-14(22)6-9-16/h5-13H,3-4H2,1-2H3,(H,23,24). The molecule has 3 rings (SSSR count).